The van der Waals surface area contributed by atoms with E-state index in [1.165, 1.54) is 6.20 Å². The van der Waals surface area contributed by atoms with E-state index in [-0.39, 0.29) is 6.04 Å². The molecule has 0 aliphatic heterocycles. The van der Waals surface area contributed by atoms with Crippen LogP contribution in [0.3, 0.4) is 0 Å². The monoisotopic (exact) mass is 168 g/mol. The first-order valence-electron chi connectivity index (χ1n) is 4.02. The second-order valence-electron chi connectivity index (χ2n) is 2.91. The van der Waals surface area contributed by atoms with Crippen LogP contribution in [0.2, 0.25) is 0 Å². The molecule has 0 saturated carbocycles. The highest BCUT2D eigenvalue weighted by Gasteiger charge is 2.09. The Balaban J connectivity index is 3.04. The molecule has 0 fully saturated rings. The molecule has 0 spiro atoms. The smallest absolute Gasteiger partial charge is 0.217 e. The van der Waals surface area contributed by atoms with Gasteiger partial charge in [0.05, 0.1) is 0 Å². The van der Waals surface area contributed by atoms with E-state index < -0.39 is 5.95 Å². The lowest BCUT2D eigenvalue weighted by atomic mass is 10.1. The van der Waals surface area contributed by atoms with E-state index in [0.717, 1.165) is 12.0 Å². The van der Waals surface area contributed by atoms with Gasteiger partial charge < -0.3 is 5.73 Å². The largest absolute Gasteiger partial charge is 0.324 e. The van der Waals surface area contributed by atoms with Gasteiger partial charge in [-0.2, -0.15) is 4.39 Å². The van der Waals surface area contributed by atoms with Crippen LogP contribution in [0.5, 0.6) is 0 Å². The first-order valence-corrected chi connectivity index (χ1v) is 4.02. The van der Waals surface area contributed by atoms with Crippen molar-refractivity contribution >= 4 is 0 Å². The SMILES string of the molecule is CC[C@H](N)c1cc(C)cnc1F. The predicted octanol–water partition coefficient (Wildman–Crippen LogP) is 1.94. The zero-order valence-corrected chi connectivity index (χ0v) is 7.34. The highest BCUT2D eigenvalue weighted by Crippen LogP contribution is 2.16. The van der Waals surface area contributed by atoms with Crippen LogP contribution < -0.4 is 5.73 Å². The molecule has 1 rings (SSSR count). The maximum absolute atomic E-state index is 13.0. The molecule has 3 heteroatoms. The van der Waals surface area contributed by atoms with Gasteiger partial charge in [0.15, 0.2) is 0 Å². The molecule has 1 heterocycles. The van der Waals surface area contributed by atoms with Crippen LogP contribution in [0, 0.1) is 12.9 Å². The van der Waals surface area contributed by atoms with Gasteiger partial charge in [-0.3, -0.25) is 0 Å². The number of aromatic nitrogens is 1. The summed E-state index contributed by atoms with van der Waals surface area (Å²) in [6.45, 7) is 3.80. The topological polar surface area (TPSA) is 38.9 Å². The molecule has 1 aromatic rings. The first-order chi connectivity index (χ1) is 5.65. The van der Waals surface area contributed by atoms with Gasteiger partial charge in [0.1, 0.15) is 0 Å². The van der Waals surface area contributed by atoms with E-state index in [0.29, 0.717) is 5.56 Å². The standard InChI is InChI=1S/C9H13FN2/c1-3-8(11)7-4-6(2)5-12-9(7)10/h4-5,8H,3,11H2,1-2H3/t8-/m0/s1. The van der Waals surface area contributed by atoms with Crippen molar-refractivity contribution in [2.45, 2.75) is 26.3 Å². The fourth-order valence-corrected chi connectivity index (χ4v) is 1.06. The number of halogens is 1. The average Bonchev–Trinajstić information content (AvgIpc) is 2.08. The highest BCUT2D eigenvalue weighted by molar-refractivity contribution is 5.21. The molecule has 12 heavy (non-hydrogen) atoms. The molecule has 0 bridgehead atoms. The normalized spacial score (nSPS) is 13.0. The number of hydrogen-bond donors (Lipinski definition) is 1. The summed E-state index contributed by atoms with van der Waals surface area (Å²) >= 11 is 0. The summed E-state index contributed by atoms with van der Waals surface area (Å²) in [5.41, 5.74) is 7.14. The second kappa shape index (κ2) is 3.63. The highest BCUT2D eigenvalue weighted by atomic mass is 19.1. The van der Waals surface area contributed by atoms with Crippen molar-refractivity contribution in [1.82, 2.24) is 4.98 Å². The lowest BCUT2D eigenvalue weighted by Gasteiger charge is -2.09. The summed E-state index contributed by atoms with van der Waals surface area (Å²) in [5, 5.41) is 0. The van der Waals surface area contributed by atoms with Crippen molar-refractivity contribution < 1.29 is 4.39 Å². The van der Waals surface area contributed by atoms with E-state index in [1.807, 2.05) is 13.8 Å². The second-order valence-corrected chi connectivity index (χ2v) is 2.91. The molecule has 1 atom stereocenters. The number of nitrogens with zero attached hydrogens (tertiary/aromatic N) is 1. The van der Waals surface area contributed by atoms with Crippen LogP contribution in [0.25, 0.3) is 0 Å². The molecule has 0 saturated heterocycles. The van der Waals surface area contributed by atoms with Crippen LogP contribution >= 0.6 is 0 Å². The van der Waals surface area contributed by atoms with E-state index in [9.17, 15) is 4.39 Å². The molecule has 0 unspecified atom stereocenters. The van der Waals surface area contributed by atoms with Gasteiger partial charge in [0.25, 0.3) is 0 Å². The molecule has 0 aromatic carbocycles. The van der Waals surface area contributed by atoms with E-state index >= 15 is 0 Å². The molecule has 0 amide bonds. The molecule has 66 valence electrons. The maximum atomic E-state index is 13.0. The Kier molecular flexibility index (Phi) is 2.76. The third-order valence-electron chi connectivity index (χ3n) is 1.84. The molecule has 0 radical (unpaired) electrons. The van der Waals surface area contributed by atoms with E-state index in [2.05, 4.69) is 4.98 Å². The number of hydrogen-bond acceptors (Lipinski definition) is 2. The Morgan fingerprint density at radius 1 is 1.67 bits per heavy atom. The van der Waals surface area contributed by atoms with E-state index in [4.69, 9.17) is 5.73 Å². The number of aryl methyl sites for hydroxylation is 1. The summed E-state index contributed by atoms with van der Waals surface area (Å²) < 4.78 is 13.0. The van der Waals surface area contributed by atoms with Gasteiger partial charge in [0.2, 0.25) is 5.95 Å². The van der Waals surface area contributed by atoms with Crippen molar-refractivity contribution in [3.8, 4) is 0 Å². The minimum Gasteiger partial charge on any atom is -0.324 e. The minimum absolute atomic E-state index is 0.239. The maximum Gasteiger partial charge on any atom is 0.217 e. The third-order valence-corrected chi connectivity index (χ3v) is 1.84. The fraction of sp³-hybridized carbons (Fsp3) is 0.444. The molecule has 0 aliphatic carbocycles. The van der Waals surface area contributed by atoms with Crippen molar-refractivity contribution in [3.63, 3.8) is 0 Å². The Morgan fingerprint density at radius 3 is 2.92 bits per heavy atom. The summed E-state index contributed by atoms with van der Waals surface area (Å²) in [5.74, 6) is -0.449. The van der Waals surface area contributed by atoms with Gasteiger partial charge in [-0.05, 0) is 25.0 Å². The van der Waals surface area contributed by atoms with Crippen molar-refractivity contribution in [2.24, 2.45) is 5.73 Å². The quantitative estimate of drug-likeness (QED) is 0.685. The summed E-state index contributed by atoms with van der Waals surface area (Å²) in [7, 11) is 0. The van der Waals surface area contributed by atoms with Gasteiger partial charge in [-0.25, -0.2) is 4.98 Å². The van der Waals surface area contributed by atoms with Gasteiger partial charge in [-0.1, -0.05) is 6.92 Å². The van der Waals surface area contributed by atoms with Crippen molar-refractivity contribution in [3.05, 3.63) is 29.3 Å². The van der Waals surface area contributed by atoms with Gasteiger partial charge in [0, 0.05) is 17.8 Å². The minimum atomic E-state index is -0.449. The lowest BCUT2D eigenvalue weighted by Crippen LogP contribution is -2.11. The van der Waals surface area contributed by atoms with Crippen LogP contribution in [-0.2, 0) is 0 Å². The Labute approximate surface area is 71.6 Å². The number of pyridine rings is 1. The molecular weight excluding hydrogens is 155 g/mol. The zero-order chi connectivity index (χ0) is 9.14. The molecule has 0 aliphatic rings. The third kappa shape index (κ3) is 1.80. The van der Waals surface area contributed by atoms with E-state index in [1.54, 1.807) is 6.07 Å². The average molecular weight is 168 g/mol. The van der Waals surface area contributed by atoms with Crippen molar-refractivity contribution in [1.29, 1.82) is 0 Å². The van der Waals surface area contributed by atoms with Gasteiger partial charge >= 0.3 is 0 Å². The fourth-order valence-electron chi connectivity index (χ4n) is 1.06. The molecule has 1 aromatic heterocycles. The Morgan fingerprint density at radius 2 is 2.33 bits per heavy atom. The lowest BCUT2D eigenvalue weighted by molar-refractivity contribution is 0.539. The summed E-state index contributed by atoms with van der Waals surface area (Å²) in [6, 6.07) is 1.51. The molecular formula is C9H13FN2. The first kappa shape index (κ1) is 9.13. The summed E-state index contributed by atoms with van der Waals surface area (Å²) in [6.07, 6.45) is 2.23. The Bertz CT molecular complexity index is 273. The number of nitrogens with two attached hydrogens (primary N) is 1. The van der Waals surface area contributed by atoms with Crippen LogP contribution in [0.4, 0.5) is 4.39 Å². The van der Waals surface area contributed by atoms with Crippen LogP contribution in [-0.4, -0.2) is 4.98 Å². The van der Waals surface area contributed by atoms with Crippen molar-refractivity contribution in [2.75, 3.05) is 0 Å². The molecule has 2 N–H and O–H groups in total. The number of rotatable bonds is 2. The Hall–Kier alpha value is -0.960. The predicted molar refractivity (Wildman–Crippen MR) is 46.2 cm³/mol. The zero-order valence-electron chi connectivity index (χ0n) is 7.34. The molecule has 2 nitrogen and oxygen atoms in total. The van der Waals surface area contributed by atoms with Crippen LogP contribution in [0.15, 0.2) is 12.3 Å². The van der Waals surface area contributed by atoms with Crippen LogP contribution in [0.1, 0.15) is 30.5 Å². The van der Waals surface area contributed by atoms with Gasteiger partial charge in [-0.15, -0.1) is 0 Å². The summed E-state index contributed by atoms with van der Waals surface area (Å²) in [4.78, 5) is 3.60.